The van der Waals surface area contributed by atoms with Crippen LogP contribution in [0, 0.1) is 11.3 Å². The molecular formula is C18H16N2O4S. The van der Waals surface area contributed by atoms with Gasteiger partial charge in [-0.1, -0.05) is 30.3 Å². The van der Waals surface area contributed by atoms with Crippen LogP contribution in [0.5, 0.6) is 0 Å². The summed E-state index contributed by atoms with van der Waals surface area (Å²) in [6, 6.07) is 15.2. The molecule has 0 fully saturated rings. The van der Waals surface area contributed by atoms with Crippen molar-refractivity contribution >= 4 is 16.0 Å². The Labute approximate surface area is 146 Å². The van der Waals surface area contributed by atoms with Crippen LogP contribution in [-0.2, 0) is 27.7 Å². The molecule has 1 heterocycles. The molecule has 3 rings (SSSR count). The quantitative estimate of drug-likeness (QED) is 0.783. The fourth-order valence-corrected chi connectivity index (χ4v) is 4.25. The van der Waals surface area contributed by atoms with Gasteiger partial charge >= 0.3 is 5.97 Å². The molecule has 0 aliphatic carbocycles. The van der Waals surface area contributed by atoms with E-state index < -0.39 is 16.0 Å². The van der Waals surface area contributed by atoms with Crippen molar-refractivity contribution in [3.63, 3.8) is 0 Å². The number of sulfonamides is 1. The first-order valence-corrected chi connectivity index (χ1v) is 9.17. The molecule has 1 aliphatic heterocycles. The standard InChI is InChI=1S/C18H16N2O4S/c19-9-11-24-18(21)15-6-3-7-17(12-15)25(22,23)20-10-8-14-4-1-2-5-16(14)13-20/h1-7,12H,8,10-11,13H2. The van der Waals surface area contributed by atoms with Crippen LogP contribution in [0.4, 0.5) is 0 Å². The molecule has 0 amide bonds. The largest absolute Gasteiger partial charge is 0.447 e. The molecule has 25 heavy (non-hydrogen) atoms. The Morgan fingerprint density at radius 2 is 1.92 bits per heavy atom. The van der Waals surface area contributed by atoms with E-state index in [-0.39, 0.29) is 17.1 Å². The third-order valence-corrected chi connectivity index (χ3v) is 5.91. The summed E-state index contributed by atoms with van der Waals surface area (Å²) in [5.41, 5.74) is 2.25. The van der Waals surface area contributed by atoms with Gasteiger partial charge in [-0.25, -0.2) is 13.2 Å². The number of benzene rings is 2. The number of nitriles is 1. The van der Waals surface area contributed by atoms with Crippen LogP contribution in [0.2, 0.25) is 0 Å². The molecule has 2 aromatic carbocycles. The van der Waals surface area contributed by atoms with E-state index in [2.05, 4.69) is 0 Å². The van der Waals surface area contributed by atoms with Crippen molar-refractivity contribution in [2.75, 3.05) is 13.2 Å². The Kier molecular flexibility index (Phi) is 4.83. The molecule has 0 saturated carbocycles. The maximum absolute atomic E-state index is 12.9. The summed E-state index contributed by atoms with van der Waals surface area (Å²) < 4.78 is 32.0. The molecule has 0 spiro atoms. The highest BCUT2D eigenvalue weighted by atomic mass is 32.2. The zero-order valence-electron chi connectivity index (χ0n) is 13.4. The van der Waals surface area contributed by atoms with E-state index in [1.165, 1.54) is 28.6 Å². The minimum atomic E-state index is -3.72. The first kappa shape index (κ1) is 17.1. The van der Waals surface area contributed by atoms with Crippen LogP contribution in [0.1, 0.15) is 21.5 Å². The third-order valence-electron chi connectivity index (χ3n) is 4.07. The molecule has 0 N–H and O–H groups in total. The average molecular weight is 356 g/mol. The van der Waals surface area contributed by atoms with Crippen molar-refractivity contribution in [1.29, 1.82) is 5.26 Å². The Balaban J connectivity index is 1.86. The van der Waals surface area contributed by atoms with Crippen molar-refractivity contribution in [3.05, 3.63) is 65.2 Å². The van der Waals surface area contributed by atoms with Gasteiger partial charge in [-0.05, 0) is 35.7 Å². The number of nitrogens with zero attached hydrogens (tertiary/aromatic N) is 2. The van der Waals surface area contributed by atoms with Crippen LogP contribution in [0.25, 0.3) is 0 Å². The lowest BCUT2D eigenvalue weighted by atomic mass is 10.0. The molecule has 0 atom stereocenters. The lowest BCUT2D eigenvalue weighted by molar-refractivity contribution is 0.0554. The summed E-state index contributed by atoms with van der Waals surface area (Å²) in [6.45, 7) is 0.322. The normalized spacial score (nSPS) is 14.4. The number of rotatable bonds is 4. The van der Waals surface area contributed by atoms with Gasteiger partial charge in [0.15, 0.2) is 6.61 Å². The number of carbonyl (C=O) groups excluding carboxylic acids is 1. The van der Waals surface area contributed by atoms with Gasteiger partial charge < -0.3 is 4.74 Å². The maximum atomic E-state index is 12.9. The van der Waals surface area contributed by atoms with Gasteiger partial charge in [0.05, 0.1) is 10.5 Å². The van der Waals surface area contributed by atoms with E-state index in [0.717, 1.165) is 11.1 Å². The Bertz CT molecular complexity index is 948. The molecule has 0 unspecified atom stereocenters. The van der Waals surface area contributed by atoms with E-state index in [0.29, 0.717) is 19.5 Å². The minimum absolute atomic E-state index is 0.0401. The van der Waals surface area contributed by atoms with E-state index in [9.17, 15) is 13.2 Å². The van der Waals surface area contributed by atoms with Gasteiger partial charge in [0.1, 0.15) is 6.07 Å². The summed E-state index contributed by atoms with van der Waals surface area (Å²) in [6.07, 6.45) is 0.652. The highest BCUT2D eigenvalue weighted by Gasteiger charge is 2.28. The Morgan fingerprint density at radius 1 is 1.16 bits per heavy atom. The number of fused-ring (bicyclic) bond motifs is 1. The number of ether oxygens (including phenoxy) is 1. The fraction of sp³-hybridized carbons (Fsp3) is 0.222. The molecule has 0 radical (unpaired) electrons. The molecule has 0 bridgehead atoms. The SMILES string of the molecule is N#CCOC(=O)c1cccc(S(=O)(=O)N2CCc3ccccc3C2)c1. The van der Waals surface area contributed by atoms with Crippen LogP contribution in [-0.4, -0.2) is 31.8 Å². The van der Waals surface area contributed by atoms with E-state index in [1.807, 2.05) is 24.3 Å². The van der Waals surface area contributed by atoms with Crippen molar-refractivity contribution in [1.82, 2.24) is 4.31 Å². The number of hydrogen-bond acceptors (Lipinski definition) is 5. The van der Waals surface area contributed by atoms with Gasteiger partial charge in [-0.3, -0.25) is 0 Å². The third kappa shape index (κ3) is 3.55. The topological polar surface area (TPSA) is 87.5 Å². The minimum Gasteiger partial charge on any atom is -0.447 e. The van der Waals surface area contributed by atoms with E-state index in [1.54, 1.807) is 6.07 Å². The lowest BCUT2D eigenvalue weighted by Crippen LogP contribution is -2.36. The highest BCUT2D eigenvalue weighted by Crippen LogP contribution is 2.25. The van der Waals surface area contributed by atoms with Gasteiger partial charge in [0.2, 0.25) is 10.0 Å². The second-order valence-electron chi connectivity index (χ2n) is 5.62. The van der Waals surface area contributed by atoms with Crippen molar-refractivity contribution in [2.24, 2.45) is 0 Å². The molecular weight excluding hydrogens is 340 g/mol. The molecule has 0 aromatic heterocycles. The van der Waals surface area contributed by atoms with Gasteiger partial charge in [0.25, 0.3) is 0 Å². The fourth-order valence-electron chi connectivity index (χ4n) is 2.79. The second-order valence-corrected chi connectivity index (χ2v) is 7.56. The van der Waals surface area contributed by atoms with E-state index in [4.69, 9.17) is 10.00 Å². The van der Waals surface area contributed by atoms with E-state index >= 15 is 0 Å². The number of esters is 1. The first-order valence-electron chi connectivity index (χ1n) is 7.73. The van der Waals surface area contributed by atoms with Gasteiger partial charge in [0, 0.05) is 13.1 Å². The molecule has 1 aliphatic rings. The molecule has 2 aromatic rings. The van der Waals surface area contributed by atoms with Crippen LogP contribution in [0.3, 0.4) is 0 Å². The maximum Gasteiger partial charge on any atom is 0.339 e. The summed E-state index contributed by atoms with van der Waals surface area (Å²) in [7, 11) is -3.72. The second kappa shape index (κ2) is 7.05. The molecule has 0 saturated heterocycles. The monoisotopic (exact) mass is 356 g/mol. The lowest BCUT2D eigenvalue weighted by Gasteiger charge is -2.28. The Hall–Kier alpha value is -2.69. The van der Waals surface area contributed by atoms with Gasteiger partial charge in [-0.15, -0.1) is 0 Å². The van der Waals surface area contributed by atoms with Crippen molar-refractivity contribution in [3.8, 4) is 6.07 Å². The first-order chi connectivity index (χ1) is 12.0. The van der Waals surface area contributed by atoms with Crippen LogP contribution in [0.15, 0.2) is 53.4 Å². The van der Waals surface area contributed by atoms with Crippen molar-refractivity contribution in [2.45, 2.75) is 17.9 Å². The summed E-state index contributed by atoms with van der Waals surface area (Å²) in [5, 5.41) is 8.47. The summed E-state index contributed by atoms with van der Waals surface area (Å²) in [5.74, 6) is -0.720. The molecule has 128 valence electrons. The van der Waals surface area contributed by atoms with Gasteiger partial charge in [-0.2, -0.15) is 9.57 Å². The van der Waals surface area contributed by atoms with Crippen LogP contribution < -0.4 is 0 Å². The zero-order chi connectivity index (χ0) is 17.9. The highest BCUT2D eigenvalue weighted by molar-refractivity contribution is 7.89. The predicted molar refractivity (Wildman–Crippen MR) is 90.1 cm³/mol. The number of carbonyl (C=O) groups is 1. The van der Waals surface area contributed by atoms with Crippen LogP contribution >= 0.6 is 0 Å². The smallest absolute Gasteiger partial charge is 0.339 e. The number of hydrogen-bond donors (Lipinski definition) is 0. The van der Waals surface area contributed by atoms with Crippen molar-refractivity contribution < 1.29 is 17.9 Å². The Morgan fingerprint density at radius 3 is 2.68 bits per heavy atom. The summed E-state index contributed by atoms with van der Waals surface area (Å²) in [4.78, 5) is 11.9. The average Bonchev–Trinajstić information content (AvgIpc) is 2.65. The summed E-state index contributed by atoms with van der Waals surface area (Å²) >= 11 is 0. The molecule has 7 heteroatoms. The zero-order valence-corrected chi connectivity index (χ0v) is 14.2. The predicted octanol–water partition coefficient (Wildman–Crippen LogP) is 2.11. The molecule has 6 nitrogen and oxygen atoms in total.